The molecule has 0 bridgehead atoms. The zero-order valence-corrected chi connectivity index (χ0v) is 14.2. The molecule has 0 spiro atoms. The van der Waals surface area contributed by atoms with Gasteiger partial charge < -0.3 is 5.32 Å². The van der Waals surface area contributed by atoms with Gasteiger partial charge in [0.05, 0.1) is 11.1 Å². The number of fused-ring (bicyclic) bond motifs is 1. The first kappa shape index (κ1) is 17.1. The molecule has 6 nitrogen and oxygen atoms in total. The number of halogens is 1. The van der Waals surface area contributed by atoms with Crippen molar-refractivity contribution < 1.29 is 9.18 Å². The molecule has 8 heteroatoms. The smallest absolute Gasteiger partial charge is 0.263 e. The fourth-order valence-electron chi connectivity index (χ4n) is 2.32. The van der Waals surface area contributed by atoms with Crippen molar-refractivity contribution in [2.45, 2.75) is 18.6 Å². The zero-order chi connectivity index (χ0) is 17.8. The summed E-state index contributed by atoms with van der Waals surface area (Å²) >= 11 is 1.14. The van der Waals surface area contributed by atoms with Gasteiger partial charge in [-0.05, 0) is 37.3 Å². The Bertz CT molecular complexity index is 990. The SMILES string of the molecule is CCn1c(SCC(=O)Nc2cccc(F)c2)nc2ncccc2c1=O. The number of hydrogen-bond acceptors (Lipinski definition) is 5. The molecule has 0 aliphatic rings. The maximum Gasteiger partial charge on any atom is 0.263 e. The van der Waals surface area contributed by atoms with E-state index in [2.05, 4.69) is 15.3 Å². The summed E-state index contributed by atoms with van der Waals surface area (Å²) in [6.07, 6.45) is 1.57. The van der Waals surface area contributed by atoms with E-state index in [0.29, 0.717) is 28.4 Å². The van der Waals surface area contributed by atoms with Crippen molar-refractivity contribution in [3.63, 3.8) is 0 Å². The zero-order valence-electron chi connectivity index (χ0n) is 13.4. The minimum absolute atomic E-state index is 0.0429. The van der Waals surface area contributed by atoms with Crippen molar-refractivity contribution in [3.05, 3.63) is 58.8 Å². The highest BCUT2D eigenvalue weighted by Crippen LogP contribution is 2.17. The van der Waals surface area contributed by atoms with Gasteiger partial charge in [-0.15, -0.1) is 0 Å². The van der Waals surface area contributed by atoms with Gasteiger partial charge in [0.15, 0.2) is 10.8 Å². The lowest BCUT2D eigenvalue weighted by Gasteiger charge is -2.10. The van der Waals surface area contributed by atoms with E-state index >= 15 is 0 Å². The van der Waals surface area contributed by atoms with Crippen LogP contribution in [0, 0.1) is 5.82 Å². The fraction of sp³-hybridized carbons (Fsp3) is 0.176. The Labute approximate surface area is 147 Å². The van der Waals surface area contributed by atoms with Crippen molar-refractivity contribution in [1.29, 1.82) is 0 Å². The second-order valence-corrected chi connectivity index (χ2v) is 6.11. The van der Waals surface area contributed by atoms with Crippen molar-refractivity contribution >= 4 is 34.4 Å². The maximum absolute atomic E-state index is 13.1. The number of hydrogen-bond donors (Lipinski definition) is 1. The summed E-state index contributed by atoms with van der Waals surface area (Å²) in [5.41, 5.74) is 0.547. The monoisotopic (exact) mass is 358 g/mol. The van der Waals surface area contributed by atoms with E-state index in [1.54, 1.807) is 24.4 Å². The molecule has 1 N–H and O–H groups in total. The quantitative estimate of drug-likeness (QED) is 0.560. The normalized spacial score (nSPS) is 10.8. The number of amides is 1. The number of carbonyl (C=O) groups excluding carboxylic acids is 1. The molecule has 128 valence electrons. The molecule has 0 aliphatic carbocycles. The molecule has 1 amide bonds. The van der Waals surface area contributed by atoms with E-state index in [0.717, 1.165) is 11.8 Å². The summed E-state index contributed by atoms with van der Waals surface area (Å²) in [6.45, 7) is 2.27. The Morgan fingerprint density at radius 3 is 2.92 bits per heavy atom. The number of benzene rings is 1. The summed E-state index contributed by atoms with van der Waals surface area (Å²) in [7, 11) is 0. The van der Waals surface area contributed by atoms with Crippen LogP contribution >= 0.6 is 11.8 Å². The van der Waals surface area contributed by atoms with Crippen LogP contribution in [-0.4, -0.2) is 26.2 Å². The summed E-state index contributed by atoms with van der Waals surface area (Å²) in [5, 5.41) is 3.48. The molecule has 2 heterocycles. The molecule has 0 fully saturated rings. The topological polar surface area (TPSA) is 76.9 Å². The lowest BCUT2D eigenvalue weighted by Crippen LogP contribution is -2.23. The van der Waals surface area contributed by atoms with E-state index in [4.69, 9.17) is 0 Å². The molecule has 1 aromatic carbocycles. The van der Waals surface area contributed by atoms with Gasteiger partial charge in [0.1, 0.15) is 5.82 Å². The van der Waals surface area contributed by atoms with Crippen molar-refractivity contribution in [3.8, 4) is 0 Å². The molecule has 0 radical (unpaired) electrons. The van der Waals surface area contributed by atoms with Gasteiger partial charge in [-0.25, -0.2) is 14.4 Å². The van der Waals surface area contributed by atoms with Crippen LogP contribution in [0.4, 0.5) is 10.1 Å². The summed E-state index contributed by atoms with van der Waals surface area (Å²) in [6, 6.07) is 9.02. The average molecular weight is 358 g/mol. The molecule has 0 saturated carbocycles. The molecule has 0 saturated heterocycles. The molecule has 2 aromatic heterocycles. The van der Waals surface area contributed by atoms with Crippen LogP contribution in [0.25, 0.3) is 11.0 Å². The Balaban J connectivity index is 1.78. The third-order valence-electron chi connectivity index (χ3n) is 3.45. The lowest BCUT2D eigenvalue weighted by atomic mass is 10.3. The third kappa shape index (κ3) is 3.85. The molecule has 0 atom stereocenters. The van der Waals surface area contributed by atoms with Gasteiger partial charge in [0.2, 0.25) is 5.91 Å². The molecule has 3 rings (SSSR count). The predicted octanol–water partition coefficient (Wildman–Crippen LogP) is 2.68. The number of thioether (sulfide) groups is 1. The van der Waals surface area contributed by atoms with Gasteiger partial charge in [0.25, 0.3) is 5.56 Å². The van der Waals surface area contributed by atoms with Crippen LogP contribution in [0.5, 0.6) is 0 Å². The number of carbonyl (C=O) groups is 1. The minimum Gasteiger partial charge on any atom is -0.325 e. The van der Waals surface area contributed by atoms with Crippen LogP contribution in [0.1, 0.15) is 6.92 Å². The average Bonchev–Trinajstić information content (AvgIpc) is 2.60. The summed E-state index contributed by atoms with van der Waals surface area (Å²) < 4.78 is 14.7. The molecule has 25 heavy (non-hydrogen) atoms. The van der Waals surface area contributed by atoms with Gasteiger partial charge in [-0.1, -0.05) is 17.8 Å². The highest BCUT2D eigenvalue weighted by Gasteiger charge is 2.13. The van der Waals surface area contributed by atoms with Gasteiger partial charge in [0, 0.05) is 18.4 Å². The largest absolute Gasteiger partial charge is 0.325 e. The number of anilines is 1. The predicted molar refractivity (Wildman–Crippen MR) is 95.2 cm³/mol. The maximum atomic E-state index is 13.1. The first-order valence-corrected chi connectivity index (χ1v) is 8.61. The molecule has 0 unspecified atom stereocenters. The van der Waals surface area contributed by atoms with Crippen LogP contribution in [0.3, 0.4) is 0 Å². The van der Waals surface area contributed by atoms with Crippen molar-refractivity contribution in [1.82, 2.24) is 14.5 Å². The highest BCUT2D eigenvalue weighted by atomic mass is 32.2. The Morgan fingerprint density at radius 1 is 1.32 bits per heavy atom. The van der Waals surface area contributed by atoms with E-state index in [9.17, 15) is 14.0 Å². The second kappa shape index (κ2) is 7.43. The fourth-order valence-corrected chi connectivity index (χ4v) is 3.17. The molecular formula is C17H15FN4O2S. The lowest BCUT2D eigenvalue weighted by molar-refractivity contribution is -0.113. The van der Waals surface area contributed by atoms with E-state index in [1.807, 2.05) is 6.92 Å². The number of pyridine rings is 1. The summed E-state index contributed by atoms with van der Waals surface area (Å²) in [5.74, 6) is -0.692. The molecule has 3 aromatic rings. The van der Waals surface area contributed by atoms with E-state index in [-0.39, 0.29) is 17.2 Å². The first-order valence-electron chi connectivity index (χ1n) is 7.62. The third-order valence-corrected chi connectivity index (χ3v) is 4.43. The Hall–Kier alpha value is -2.74. The van der Waals surface area contributed by atoms with Crippen LogP contribution in [-0.2, 0) is 11.3 Å². The van der Waals surface area contributed by atoms with E-state index < -0.39 is 5.82 Å². The van der Waals surface area contributed by atoms with Gasteiger partial charge in [-0.2, -0.15) is 0 Å². The Morgan fingerprint density at radius 2 is 2.16 bits per heavy atom. The number of nitrogens with zero attached hydrogens (tertiary/aromatic N) is 3. The second-order valence-electron chi connectivity index (χ2n) is 5.17. The summed E-state index contributed by atoms with van der Waals surface area (Å²) in [4.78, 5) is 33.0. The van der Waals surface area contributed by atoms with Crippen LogP contribution in [0.15, 0.2) is 52.5 Å². The molecular weight excluding hydrogens is 343 g/mol. The number of aromatic nitrogens is 3. The number of rotatable bonds is 5. The van der Waals surface area contributed by atoms with Gasteiger partial charge >= 0.3 is 0 Å². The molecule has 0 aliphatic heterocycles. The van der Waals surface area contributed by atoms with Gasteiger partial charge in [-0.3, -0.25) is 14.2 Å². The number of nitrogens with one attached hydrogen (secondary N) is 1. The Kier molecular flexibility index (Phi) is 5.08. The van der Waals surface area contributed by atoms with Crippen molar-refractivity contribution in [2.75, 3.05) is 11.1 Å². The van der Waals surface area contributed by atoms with Crippen LogP contribution < -0.4 is 10.9 Å². The highest BCUT2D eigenvalue weighted by molar-refractivity contribution is 7.99. The minimum atomic E-state index is -0.424. The standard InChI is InChI=1S/C17H15FN4O2S/c1-2-22-16(24)13-7-4-8-19-15(13)21-17(22)25-10-14(23)20-12-6-3-5-11(18)9-12/h3-9H,2,10H2,1H3,(H,20,23). The van der Waals surface area contributed by atoms with Crippen LogP contribution in [0.2, 0.25) is 0 Å². The van der Waals surface area contributed by atoms with Crippen molar-refractivity contribution in [2.24, 2.45) is 0 Å². The first-order chi connectivity index (χ1) is 12.1. The van der Waals surface area contributed by atoms with E-state index in [1.165, 1.54) is 22.8 Å².